The zero-order valence-electron chi connectivity index (χ0n) is 8.27. The molecule has 1 aromatic rings. The molecule has 1 rings (SSSR count). The Morgan fingerprint density at radius 2 is 2.36 bits per heavy atom. The van der Waals surface area contributed by atoms with Crippen LogP contribution in [0.1, 0.15) is 10.5 Å². The highest BCUT2D eigenvalue weighted by atomic mass is 16.4. The van der Waals surface area contributed by atoms with Crippen LogP contribution in [0.15, 0.2) is 6.20 Å². The summed E-state index contributed by atoms with van der Waals surface area (Å²) in [6.45, 7) is 1.42. The fourth-order valence-electron chi connectivity index (χ4n) is 1.02. The minimum Gasteiger partial charge on any atom is -0.476 e. The third kappa shape index (κ3) is 2.46. The number of hydrogen-bond donors (Lipinski definition) is 2. The molecule has 0 saturated heterocycles. The lowest BCUT2D eigenvalue weighted by atomic mass is 10.4. The molecule has 1 aromatic heterocycles. The first-order valence-electron chi connectivity index (χ1n) is 4.21. The smallest absolute Gasteiger partial charge is 0.358 e. The van der Waals surface area contributed by atoms with E-state index in [1.54, 1.807) is 4.68 Å². The molecule has 0 spiro atoms. The lowest BCUT2D eigenvalue weighted by molar-refractivity contribution is 0.0690. The van der Waals surface area contributed by atoms with E-state index in [0.29, 0.717) is 6.54 Å². The van der Waals surface area contributed by atoms with Crippen LogP contribution < -0.4 is 5.73 Å². The van der Waals surface area contributed by atoms with Gasteiger partial charge in [-0.05, 0) is 14.1 Å². The van der Waals surface area contributed by atoms with Crippen LogP contribution in [-0.4, -0.2) is 46.4 Å². The van der Waals surface area contributed by atoms with Gasteiger partial charge in [0, 0.05) is 12.7 Å². The van der Waals surface area contributed by atoms with E-state index in [0.717, 1.165) is 6.54 Å². The Balaban J connectivity index is 2.71. The summed E-state index contributed by atoms with van der Waals surface area (Å²) in [5.74, 6) is -1.09. The maximum atomic E-state index is 10.6. The van der Waals surface area contributed by atoms with Crippen LogP contribution >= 0.6 is 0 Å². The topological polar surface area (TPSA) is 84.4 Å². The molecular weight excluding hydrogens is 184 g/mol. The van der Waals surface area contributed by atoms with Crippen molar-refractivity contribution in [3.05, 3.63) is 11.9 Å². The van der Waals surface area contributed by atoms with Gasteiger partial charge in [0.1, 0.15) is 0 Å². The second-order valence-electron chi connectivity index (χ2n) is 3.30. The van der Waals surface area contributed by atoms with Gasteiger partial charge in [0.2, 0.25) is 0 Å². The van der Waals surface area contributed by atoms with Gasteiger partial charge < -0.3 is 15.7 Å². The van der Waals surface area contributed by atoms with Gasteiger partial charge in [0.15, 0.2) is 5.69 Å². The first kappa shape index (κ1) is 10.5. The van der Waals surface area contributed by atoms with Crippen LogP contribution in [0.25, 0.3) is 0 Å². The molecule has 78 valence electrons. The summed E-state index contributed by atoms with van der Waals surface area (Å²) in [5.41, 5.74) is 5.60. The Kier molecular flexibility index (Phi) is 3.08. The number of carboxylic acids is 1. The standard InChI is InChI=1S/C8H14N4O2/c1-11(2)3-4-12-5-6(9)7(10-12)8(13)14/h5H,3-4,9H2,1-2H3,(H,13,14). The van der Waals surface area contributed by atoms with Gasteiger partial charge in [-0.15, -0.1) is 0 Å². The van der Waals surface area contributed by atoms with Crippen molar-refractivity contribution in [3.63, 3.8) is 0 Å². The molecule has 3 N–H and O–H groups in total. The van der Waals surface area contributed by atoms with E-state index in [1.807, 2.05) is 19.0 Å². The predicted molar refractivity (Wildman–Crippen MR) is 52.2 cm³/mol. The van der Waals surface area contributed by atoms with Crippen molar-refractivity contribution in [2.45, 2.75) is 6.54 Å². The molecule has 0 aliphatic carbocycles. The maximum absolute atomic E-state index is 10.6. The summed E-state index contributed by atoms with van der Waals surface area (Å²) in [5, 5.41) is 12.5. The average molecular weight is 198 g/mol. The fraction of sp³-hybridized carbons (Fsp3) is 0.500. The average Bonchev–Trinajstić information content (AvgIpc) is 2.43. The molecule has 0 unspecified atom stereocenters. The third-order valence-corrected chi connectivity index (χ3v) is 1.77. The van der Waals surface area contributed by atoms with Crippen LogP contribution in [-0.2, 0) is 6.54 Å². The van der Waals surface area contributed by atoms with E-state index in [1.165, 1.54) is 6.20 Å². The van der Waals surface area contributed by atoms with Gasteiger partial charge in [-0.25, -0.2) is 4.79 Å². The number of hydrogen-bond acceptors (Lipinski definition) is 4. The Labute approximate surface area is 81.9 Å². The van der Waals surface area contributed by atoms with Crippen LogP contribution in [0.3, 0.4) is 0 Å². The Hall–Kier alpha value is -1.56. The number of carbonyl (C=O) groups is 1. The summed E-state index contributed by atoms with van der Waals surface area (Å²) < 4.78 is 1.54. The van der Waals surface area contributed by atoms with E-state index in [9.17, 15) is 4.79 Å². The Morgan fingerprint density at radius 1 is 1.71 bits per heavy atom. The number of nitrogens with zero attached hydrogens (tertiary/aromatic N) is 3. The largest absolute Gasteiger partial charge is 0.476 e. The monoisotopic (exact) mass is 198 g/mol. The first-order valence-corrected chi connectivity index (χ1v) is 4.21. The van der Waals surface area contributed by atoms with Crippen molar-refractivity contribution in [3.8, 4) is 0 Å². The molecule has 0 aromatic carbocycles. The van der Waals surface area contributed by atoms with Gasteiger partial charge in [0.05, 0.1) is 12.2 Å². The van der Waals surface area contributed by atoms with Crippen LogP contribution in [0, 0.1) is 0 Å². The second kappa shape index (κ2) is 4.10. The molecule has 0 atom stereocenters. The maximum Gasteiger partial charge on any atom is 0.358 e. The lowest BCUT2D eigenvalue weighted by Gasteiger charge is -2.08. The SMILES string of the molecule is CN(C)CCn1cc(N)c(C(=O)O)n1. The Bertz CT molecular complexity index is 332. The van der Waals surface area contributed by atoms with Gasteiger partial charge in [-0.1, -0.05) is 0 Å². The van der Waals surface area contributed by atoms with E-state index < -0.39 is 5.97 Å². The van der Waals surface area contributed by atoms with Crippen LogP contribution in [0.5, 0.6) is 0 Å². The van der Waals surface area contributed by atoms with Crippen molar-refractivity contribution < 1.29 is 9.90 Å². The molecule has 0 aliphatic heterocycles. The number of rotatable bonds is 4. The first-order chi connectivity index (χ1) is 6.50. The van der Waals surface area contributed by atoms with Gasteiger partial charge in [0.25, 0.3) is 0 Å². The summed E-state index contributed by atoms with van der Waals surface area (Å²) in [7, 11) is 3.87. The van der Waals surface area contributed by atoms with Gasteiger partial charge in [-0.3, -0.25) is 4.68 Å². The van der Waals surface area contributed by atoms with Crippen molar-refractivity contribution >= 4 is 11.7 Å². The molecule has 0 bridgehead atoms. The highest BCUT2D eigenvalue weighted by Crippen LogP contribution is 2.08. The van der Waals surface area contributed by atoms with Crippen molar-refractivity contribution in [1.29, 1.82) is 0 Å². The molecule has 0 aliphatic rings. The van der Waals surface area contributed by atoms with E-state index in [2.05, 4.69) is 5.10 Å². The molecule has 0 amide bonds. The van der Waals surface area contributed by atoms with E-state index >= 15 is 0 Å². The summed E-state index contributed by atoms with van der Waals surface area (Å²) in [4.78, 5) is 12.6. The second-order valence-corrected chi connectivity index (χ2v) is 3.30. The quantitative estimate of drug-likeness (QED) is 0.695. The lowest BCUT2D eigenvalue weighted by Crippen LogP contribution is -2.18. The number of aromatic carboxylic acids is 1. The number of nitrogens with two attached hydrogens (primary N) is 1. The molecule has 0 saturated carbocycles. The zero-order valence-corrected chi connectivity index (χ0v) is 8.27. The molecule has 6 heteroatoms. The van der Waals surface area contributed by atoms with Crippen LogP contribution in [0.2, 0.25) is 0 Å². The number of carboxylic acid groups (broad SMARTS) is 1. The highest BCUT2D eigenvalue weighted by molar-refractivity contribution is 5.91. The predicted octanol–water partition coefficient (Wildman–Crippen LogP) is -0.275. The third-order valence-electron chi connectivity index (χ3n) is 1.77. The van der Waals surface area contributed by atoms with Gasteiger partial charge in [-0.2, -0.15) is 5.10 Å². The minimum absolute atomic E-state index is 0.0799. The summed E-state index contributed by atoms with van der Waals surface area (Å²) in [6, 6.07) is 0. The minimum atomic E-state index is -1.09. The number of aromatic nitrogens is 2. The molecule has 0 radical (unpaired) electrons. The molecule has 1 heterocycles. The fourth-order valence-corrected chi connectivity index (χ4v) is 1.02. The zero-order chi connectivity index (χ0) is 10.7. The normalized spacial score (nSPS) is 10.8. The van der Waals surface area contributed by atoms with Crippen LogP contribution in [0.4, 0.5) is 5.69 Å². The number of anilines is 1. The van der Waals surface area contributed by atoms with Gasteiger partial charge >= 0.3 is 5.97 Å². The van der Waals surface area contributed by atoms with Crippen molar-refractivity contribution in [2.75, 3.05) is 26.4 Å². The molecule has 0 fully saturated rings. The molecular formula is C8H14N4O2. The number of nitrogen functional groups attached to an aromatic ring is 1. The summed E-state index contributed by atoms with van der Waals surface area (Å²) >= 11 is 0. The number of likely N-dealkylation sites (N-methyl/N-ethyl adjacent to an activating group) is 1. The Morgan fingerprint density at radius 3 is 2.79 bits per heavy atom. The molecule has 14 heavy (non-hydrogen) atoms. The van der Waals surface area contributed by atoms with E-state index in [-0.39, 0.29) is 11.4 Å². The van der Waals surface area contributed by atoms with Crippen molar-refractivity contribution in [1.82, 2.24) is 14.7 Å². The summed E-state index contributed by atoms with van der Waals surface area (Å²) in [6.07, 6.45) is 1.53. The highest BCUT2D eigenvalue weighted by Gasteiger charge is 2.12. The van der Waals surface area contributed by atoms with E-state index in [4.69, 9.17) is 10.8 Å². The van der Waals surface area contributed by atoms with Crippen molar-refractivity contribution in [2.24, 2.45) is 0 Å². The molecule has 6 nitrogen and oxygen atoms in total.